The molecule has 3 aliphatic heterocycles. The first-order valence-electron chi connectivity index (χ1n) is 8.51. The Balaban J connectivity index is 1.56. The maximum absolute atomic E-state index is 12.6. The molecule has 3 saturated heterocycles. The monoisotopic (exact) mass is 279 g/mol. The van der Waals surface area contributed by atoms with Crippen molar-refractivity contribution in [3.8, 4) is 0 Å². The van der Waals surface area contributed by atoms with Crippen molar-refractivity contribution in [2.24, 2.45) is 0 Å². The molecule has 3 atom stereocenters. The lowest BCUT2D eigenvalue weighted by molar-refractivity contribution is -0.138. The molecule has 4 nitrogen and oxygen atoms in total. The van der Waals surface area contributed by atoms with Crippen LogP contribution in [0.4, 0.5) is 0 Å². The molecule has 3 rings (SSSR count). The van der Waals surface area contributed by atoms with Crippen molar-refractivity contribution >= 4 is 5.91 Å². The molecular weight excluding hydrogens is 250 g/mol. The molecule has 0 saturated carbocycles. The van der Waals surface area contributed by atoms with E-state index in [2.05, 4.69) is 22.0 Å². The summed E-state index contributed by atoms with van der Waals surface area (Å²) in [6.07, 6.45) is 8.36. The van der Waals surface area contributed by atoms with E-state index in [1.165, 1.54) is 45.1 Å². The van der Waals surface area contributed by atoms with Gasteiger partial charge in [-0.05, 0) is 45.7 Å². The van der Waals surface area contributed by atoms with Crippen LogP contribution in [0.5, 0.6) is 0 Å². The third-order valence-electron chi connectivity index (χ3n) is 5.34. The van der Waals surface area contributed by atoms with Gasteiger partial charge in [0.25, 0.3) is 0 Å². The number of hydrogen-bond donors (Lipinski definition) is 1. The molecule has 1 N–H and O–H groups in total. The van der Waals surface area contributed by atoms with Crippen molar-refractivity contribution in [1.82, 2.24) is 15.1 Å². The van der Waals surface area contributed by atoms with Gasteiger partial charge in [-0.1, -0.05) is 12.8 Å². The quantitative estimate of drug-likeness (QED) is 0.834. The van der Waals surface area contributed by atoms with E-state index in [-0.39, 0.29) is 0 Å². The van der Waals surface area contributed by atoms with Gasteiger partial charge in [0.05, 0.1) is 0 Å². The molecule has 114 valence electrons. The van der Waals surface area contributed by atoms with Crippen molar-refractivity contribution < 1.29 is 4.79 Å². The van der Waals surface area contributed by atoms with Crippen LogP contribution in [0.3, 0.4) is 0 Å². The lowest BCUT2D eigenvalue weighted by atomic mass is 9.96. The van der Waals surface area contributed by atoms with Crippen LogP contribution in [0.1, 0.15) is 51.9 Å². The number of nitrogens with one attached hydrogen (secondary N) is 1. The summed E-state index contributed by atoms with van der Waals surface area (Å²) in [5, 5.41) is 3.50. The summed E-state index contributed by atoms with van der Waals surface area (Å²) in [5.41, 5.74) is 0. The van der Waals surface area contributed by atoms with Crippen molar-refractivity contribution in [3.63, 3.8) is 0 Å². The van der Waals surface area contributed by atoms with Crippen LogP contribution in [0.15, 0.2) is 0 Å². The van der Waals surface area contributed by atoms with E-state index < -0.39 is 0 Å². The third kappa shape index (κ3) is 3.17. The lowest BCUT2D eigenvalue weighted by Gasteiger charge is -2.47. The molecule has 1 amide bonds. The second-order valence-corrected chi connectivity index (χ2v) is 6.89. The highest BCUT2D eigenvalue weighted by atomic mass is 16.2. The highest BCUT2D eigenvalue weighted by molar-refractivity contribution is 5.77. The molecule has 20 heavy (non-hydrogen) atoms. The minimum Gasteiger partial charge on any atom is -0.337 e. The smallest absolute Gasteiger partial charge is 0.224 e. The van der Waals surface area contributed by atoms with Crippen molar-refractivity contribution in [3.05, 3.63) is 0 Å². The number of carbonyl (C=O) groups is 1. The van der Waals surface area contributed by atoms with Crippen molar-refractivity contribution in [2.75, 3.05) is 26.2 Å². The van der Waals surface area contributed by atoms with E-state index >= 15 is 0 Å². The predicted octanol–water partition coefficient (Wildman–Crippen LogP) is 1.60. The van der Waals surface area contributed by atoms with Gasteiger partial charge in [-0.25, -0.2) is 0 Å². The molecule has 0 bridgehead atoms. The molecular formula is C16H29N3O. The van der Waals surface area contributed by atoms with Gasteiger partial charge in [0, 0.05) is 37.6 Å². The zero-order valence-electron chi connectivity index (χ0n) is 12.8. The summed E-state index contributed by atoms with van der Waals surface area (Å²) < 4.78 is 0. The minimum absolute atomic E-state index is 0.377. The minimum atomic E-state index is 0.377. The normalized spacial score (nSPS) is 35.6. The largest absolute Gasteiger partial charge is 0.337 e. The van der Waals surface area contributed by atoms with Gasteiger partial charge in [-0.15, -0.1) is 0 Å². The molecule has 3 fully saturated rings. The van der Waals surface area contributed by atoms with Gasteiger partial charge in [0.1, 0.15) is 0 Å². The SMILES string of the molecule is CC1CN2CCCCC2CN1C(=O)CC1CCCCN1. The summed E-state index contributed by atoms with van der Waals surface area (Å²) in [7, 11) is 0. The van der Waals surface area contributed by atoms with Crippen LogP contribution in [0.25, 0.3) is 0 Å². The Morgan fingerprint density at radius 3 is 2.80 bits per heavy atom. The lowest BCUT2D eigenvalue weighted by Crippen LogP contribution is -2.60. The van der Waals surface area contributed by atoms with E-state index in [1.807, 2.05) is 0 Å². The van der Waals surface area contributed by atoms with Crippen LogP contribution < -0.4 is 5.32 Å². The Labute approximate surface area is 122 Å². The van der Waals surface area contributed by atoms with Crippen LogP contribution in [0.2, 0.25) is 0 Å². The van der Waals surface area contributed by atoms with Gasteiger partial charge < -0.3 is 10.2 Å². The van der Waals surface area contributed by atoms with Gasteiger partial charge in [0.15, 0.2) is 0 Å². The van der Waals surface area contributed by atoms with Crippen molar-refractivity contribution in [1.29, 1.82) is 0 Å². The van der Waals surface area contributed by atoms with Crippen LogP contribution in [0, 0.1) is 0 Å². The molecule has 3 aliphatic rings. The second kappa shape index (κ2) is 6.44. The number of piperazine rings is 1. The van der Waals surface area contributed by atoms with Crippen LogP contribution >= 0.6 is 0 Å². The van der Waals surface area contributed by atoms with E-state index in [9.17, 15) is 4.79 Å². The summed E-state index contributed by atoms with van der Waals surface area (Å²) in [4.78, 5) is 17.4. The fourth-order valence-corrected chi connectivity index (χ4v) is 4.13. The maximum Gasteiger partial charge on any atom is 0.224 e. The number of amides is 1. The molecule has 0 aliphatic carbocycles. The Bertz CT molecular complexity index is 341. The molecule has 3 unspecified atom stereocenters. The second-order valence-electron chi connectivity index (χ2n) is 6.89. The average Bonchev–Trinajstić information content (AvgIpc) is 2.47. The highest BCUT2D eigenvalue weighted by Gasteiger charge is 2.35. The van der Waals surface area contributed by atoms with Gasteiger partial charge in [0.2, 0.25) is 5.91 Å². The van der Waals surface area contributed by atoms with E-state index in [1.54, 1.807) is 0 Å². The first kappa shape index (κ1) is 14.3. The number of piperidine rings is 2. The molecule has 0 aromatic carbocycles. The molecule has 0 spiro atoms. The Morgan fingerprint density at radius 1 is 1.15 bits per heavy atom. The van der Waals surface area contributed by atoms with Gasteiger partial charge in [-0.3, -0.25) is 9.69 Å². The molecule has 0 aromatic rings. The topological polar surface area (TPSA) is 35.6 Å². The zero-order chi connectivity index (χ0) is 13.9. The highest BCUT2D eigenvalue weighted by Crippen LogP contribution is 2.25. The first-order valence-corrected chi connectivity index (χ1v) is 8.51. The van der Waals surface area contributed by atoms with Crippen LogP contribution in [-0.4, -0.2) is 60.0 Å². The zero-order valence-corrected chi connectivity index (χ0v) is 12.8. The van der Waals surface area contributed by atoms with E-state index in [0.29, 0.717) is 30.5 Å². The van der Waals surface area contributed by atoms with Crippen molar-refractivity contribution in [2.45, 2.75) is 70.0 Å². The fourth-order valence-electron chi connectivity index (χ4n) is 4.13. The summed E-state index contributed by atoms with van der Waals surface area (Å²) in [6.45, 7) is 6.59. The predicted molar refractivity (Wildman–Crippen MR) is 80.6 cm³/mol. The molecule has 3 heterocycles. The standard InChI is InChI=1S/C16H29N3O/c1-13-11-18-9-5-3-7-15(18)12-19(13)16(20)10-14-6-2-4-8-17-14/h13-15,17H,2-12H2,1H3. The Hall–Kier alpha value is -0.610. The fraction of sp³-hybridized carbons (Fsp3) is 0.938. The number of fused-ring (bicyclic) bond motifs is 1. The van der Waals surface area contributed by atoms with Gasteiger partial charge >= 0.3 is 0 Å². The average molecular weight is 279 g/mol. The first-order chi connectivity index (χ1) is 9.74. The number of carbonyl (C=O) groups excluding carboxylic acids is 1. The third-order valence-corrected chi connectivity index (χ3v) is 5.34. The summed E-state index contributed by atoms with van der Waals surface area (Å²) in [5.74, 6) is 0.377. The molecule has 0 radical (unpaired) electrons. The summed E-state index contributed by atoms with van der Waals surface area (Å²) in [6, 6.07) is 1.44. The maximum atomic E-state index is 12.6. The molecule has 4 heteroatoms. The Kier molecular flexibility index (Phi) is 4.61. The summed E-state index contributed by atoms with van der Waals surface area (Å²) >= 11 is 0. The Morgan fingerprint density at radius 2 is 2.00 bits per heavy atom. The number of rotatable bonds is 2. The number of hydrogen-bond acceptors (Lipinski definition) is 3. The van der Waals surface area contributed by atoms with Crippen LogP contribution in [-0.2, 0) is 4.79 Å². The van der Waals surface area contributed by atoms with E-state index in [0.717, 1.165) is 19.6 Å². The molecule has 0 aromatic heterocycles. The van der Waals surface area contributed by atoms with E-state index in [4.69, 9.17) is 0 Å². The number of nitrogens with zero attached hydrogens (tertiary/aromatic N) is 2. The van der Waals surface area contributed by atoms with Gasteiger partial charge in [-0.2, -0.15) is 0 Å².